The summed E-state index contributed by atoms with van der Waals surface area (Å²) in [5, 5.41) is 0.465. The maximum atomic E-state index is 12.6. The number of likely N-dealkylation sites (tertiary alicyclic amines) is 1. The highest BCUT2D eigenvalue weighted by Gasteiger charge is 2.26. The summed E-state index contributed by atoms with van der Waals surface area (Å²) in [5.41, 5.74) is 0.669. The topological polar surface area (TPSA) is 55.3 Å². The van der Waals surface area contributed by atoms with Crippen LogP contribution in [0.1, 0.15) is 23.2 Å². The first-order chi connectivity index (χ1) is 11.1. The monoisotopic (exact) mass is 395 g/mol. The molecule has 0 saturated carbocycles. The number of nitrogens with zero attached hydrogens (tertiary/aromatic N) is 3. The van der Waals surface area contributed by atoms with Crippen LogP contribution >= 0.6 is 27.5 Å². The van der Waals surface area contributed by atoms with E-state index in [1.807, 2.05) is 29.2 Å². The van der Waals surface area contributed by atoms with E-state index in [0.717, 1.165) is 23.9 Å². The smallest absolute Gasteiger partial charge is 0.316 e. The van der Waals surface area contributed by atoms with Gasteiger partial charge in [0.1, 0.15) is 6.10 Å². The highest BCUT2D eigenvalue weighted by Crippen LogP contribution is 2.19. The van der Waals surface area contributed by atoms with Crippen LogP contribution in [0.15, 0.2) is 41.1 Å². The van der Waals surface area contributed by atoms with Gasteiger partial charge < -0.3 is 9.64 Å². The molecule has 0 N–H and O–H groups in total. The van der Waals surface area contributed by atoms with Crippen molar-refractivity contribution in [3.63, 3.8) is 0 Å². The summed E-state index contributed by atoms with van der Waals surface area (Å²) in [5.74, 6) is 0.0108. The fraction of sp³-hybridized carbons (Fsp3) is 0.312. The fourth-order valence-electron chi connectivity index (χ4n) is 2.53. The second-order valence-electron chi connectivity index (χ2n) is 5.33. The Hall–Kier alpha value is -1.66. The molecule has 1 aliphatic heterocycles. The Morgan fingerprint density at radius 3 is 2.87 bits per heavy atom. The van der Waals surface area contributed by atoms with Crippen molar-refractivity contribution >= 4 is 33.4 Å². The number of carbonyl (C=O) groups excluding carboxylic acids is 1. The molecule has 0 radical (unpaired) electrons. The van der Waals surface area contributed by atoms with Crippen molar-refractivity contribution in [1.29, 1.82) is 0 Å². The summed E-state index contributed by atoms with van der Waals surface area (Å²) in [7, 11) is 0. The molecular formula is C16H15BrClN3O2. The lowest BCUT2D eigenvalue weighted by molar-refractivity contribution is 0.0516. The number of hydrogen-bond donors (Lipinski definition) is 0. The largest absolute Gasteiger partial charge is 0.458 e. The van der Waals surface area contributed by atoms with E-state index >= 15 is 0 Å². The van der Waals surface area contributed by atoms with E-state index in [9.17, 15) is 4.79 Å². The van der Waals surface area contributed by atoms with E-state index in [0.29, 0.717) is 17.1 Å². The summed E-state index contributed by atoms with van der Waals surface area (Å²) in [6, 6.07) is 7.69. The molecule has 1 unspecified atom stereocenters. The van der Waals surface area contributed by atoms with Crippen molar-refractivity contribution in [2.45, 2.75) is 18.9 Å². The lowest BCUT2D eigenvalue weighted by Crippen LogP contribution is -2.44. The van der Waals surface area contributed by atoms with E-state index in [2.05, 4.69) is 25.9 Å². The van der Waals surface area contributed by atoms with Gasteiger partial charge in [0, 0.05) is 16.6 Å². The van der Waals surface area contributed by atoms with Crippen LogP contribution in [0.4, 0.5) is 0 Å². The van der Waals surface area contributed by atoms with E-state index in [-0.39, 0.29) is 18.0 Å². The number of rotatable bonds is 3. The lowest BCUT2D eigenvalue weighted by atomic mass is 10.1. The van der Waals surface area contributed by atoms with Crippen LogP contribution in [-0.2, 0) is 0 Å². The van der Waals surface area contributed by atoms with Crippen molar-refractivity contribution in [3.8, 4) is 6.01 Å². The molecule has 120 valence electrons. The molecule has 1 aliphatic rings. The van der Waals surface area contributed by atoms with Gasteiger partial charge in [-0.2, -0.15) is 0 Å². The summed E-state index contributed by atoms with van der Waals surface area (Å²) in [6.45, 7) is 1.25. The zero-order valence-electron chi connectivity index (χ0n) is 12.3. The Kier molecular flexibility index (Phi) is 5.13. The Bertz CT molecular complexity index is 696. The van der Waals surface area contributed by atoms with Gasteiger partial charge in [0.15, 0.2) is 0 Å². The third-order valence-electron chi connectivity index (χ3n) is 3.61. The van der Waals surface area contributed by atoms with E-state index in [4.69, 9.17) is 16.3 Å². The van der Waals surface area contributed by atoms with Crippen LogP contribution in [-0.4, -0.2) is 40.0 Å². The van der Waals surface area contributed by atoms with Crippen LogP contribution < -0.4 is 4.74 Å². The number of aromatic nitrogens is 2. The van der Waals surface area contributed by atoms with Gasteiger partial charge in [0.25, 0.3) is 5.91 Å². The molecule has 0 aliphatic carbocycles. The molecule has 23 heavy (non-hydrogen) atoms. The molecule has 1 saturated heterocycles. The molecule has 0 spiro atoms. The first kappa shape index (κ1) is 16.2. The Balaban J connectivity index is 1.66. The maximum absolute atomic E-state index is 12.6. The molecule has 5 nitrogen and oxygen atoms in total. The number of amides is 1. The molecule has 3 rings (SSSR count). The molecule has 1 fully saturated rings. The van der Waals surface area contributed by atoms with Crippen molar-refractivity contribution in [2.24, 2.45) is 0 Å². The predicted octanol–water partition coefficient (Wildman–Crippen LogP) is 3.58. The molecule has 1 atom stereocenters. The first-order valence-electron chi connectivity index (χ1n) is 7.31. The van der Waals surface area contributed by atoms with Crippen LogP contribution in [0, 0.1) is 0 Å². The van der Waals surface area contributed by atoms with Gasteiger partial charge in [0.2, 0.25) is 0 Å². The second kappa shape index (κ2) is 7.27. The van der Waals surface area contributed by atoms with E-state index < -0.39 is 0 Å². The molecule has 7 heteroatoms. The zero-order chi connectivity index (χ0) is 16.2. The molecular weight excluding hydrogens is 382 g/mol. The van der Waals surface area contributed by atoms with Crippen LogP contribution in [0.2, 0.25) is 5.02 Å². The quantitative estimate of drug-likeness (QED) is 0.796. The van der Waals surface area contributed by atoms with E-state index in [1.165, 1.54) is 12.4 Å². The number of halogens is 2. The number of hydrogen-bond acceptors (Lipinski definition) is 4. The Labute approximate surface area is 147 Å². The molecule has 2 aromatic rings. The third-order valence-corrected chi connectivity index (χ3v) is 4.29. The molecule has 1 aromatic carbocycles. The van der Waals surface area contributed by atoms with E-state index in [1.54, 1.807) is 0 Å². The molecule has 1 aromatic heterocycles. The summed E-state index contributed by atoms with van der Waals surface area (Å²) >= 11 is 9.16. The number of carbonyl (C=O) groups is 1. The highest BCUT2D eigenvalue weighted by molar-refractivity contribution is 9.10. The van der Waals surface area contributed by atoms with Crippen molar-refractivity contribution in [3.05, 3.63) is 51.7 Å². The Morgan fingerprint density at radius 1 is 1.35 bits per heavy atom. The molecule has 1 amide bonds. The number of benzene rings is 1. The van der Waals surface area contributed by atoms with Crippen LogP contribution in [0.5, 0.6) is 6.01 Å². The predicted molar refractivity (Wildman–Crippen MR) is 90.7 cm³/mol. The summed E-state index contributed by atoms with van der Waals surface area (Å²) in [4.78, 5) is 22.5. The lowest BCUT2D eigenvalue weighted by Gasteiger charge is -2.32. The van der Waals surface area contributed by atoms with Gasteiger partial charge in [-0.15, -0.1) is 0 Å². The van der Waals surface area contributed by atoms with Gasteiger partial charge >= 0.3 is 6.01 Å². The standard InChI is InChI=1S/C16H15BrClN3O2/c17-12-4-1-3-11(7-12)15(22)21-6-2-5-14(10-21)23-16-19-8-13(18)9-20-16/h1,3-4,7-9,14H,2,5-6,10H2. The van der Waals surface area contributed by atoms with Gasteiger partial charge in [-0.1, -0.05) is 33.6 Å². The number of piperidine rings is 1. The van der Waals surface area contributed by atoms with Crippen molar-refractivity contribution < 1.29 is 9.53 Å². The minimum atomic E-state index is -0.110. The van der Waals surface area contributed by atoms with Gasteiger partial charge in [0.05, 0.1) is 24.0 Å². The highest BCUT2D eigenvalue weighted by atomic mass is 79.9. The zero-order valence-corrected chi connectivity index (χ0v) is 14.6. The van der Waals surface area contributed by atoms with Crippen molar-refractivity contribution in [1.82, 2.24) is 14.9 Å². The van der Waals surface area contributed by atoms with Crippen LogP contribution in [0.25, 0.3) is 0 Å². The third kappa shape index (κ3) is 4.20. The van der Waals surface area contributed by atoms with Gasteiger partial charge in [-0.3, -0.25) is 4.79 Å². The SMILES string of the molecule is O=C(c1cccc(Br)c1)N1CCCC(Oc2ncc(Cl)cn2)C1. The summed E-state index contributed by atoms with van der Waals surface area (Å²) in [6.07, 6.45) is 4.64. The first-order valence-corrected chi connectivity index (χ1v) is 8.48. The van der Waals surface area contributed by atoms with Gasteiger partial charge in [-0.05, 0) is 31.0 Å². The normalized spacial score (nSPS) is 17.8. The molecule has 2 heterocycles. The summed E-state index contributed by atoms with van der Waals surface area (Å²) < 4.78 is 6.66. The minimum absolute atomic E-state index is 0.0108. The minimum Gasteiger partial charge on any atom is -0.458 e. The fourth-order valence-corrected chi connectivity index (χ4v) is 3.03. The second-order valence-corrected chi connectivity index (χ2v) is 6.68. The Morgan fingerprint density at radius 2 is 2.13 bits per heavy atom. The average molecular weight is 397 g/mol. The molecule has 0 bridgehead atoms. The maximum Gasteiger partial charge on any atom is 0.316 e. The number of ether oxygens (including phenoxy) is 1. The van der Waals surface area contributed by atoms with Crippen LogP contribution in [0.3, 0.4) is 0 Å². The average Bonchev–Trinajstić information content (AvgIpc) is 2.56. The van der Waals surface area contributed by atoms with Gasteiger partial charge in [-0.25, -0.2) is 9.97 Å². The van der Waals surface area contributed by atoms with Crippen molar-refractivity contribution in [2.75, 3.05) is 13.1 Å².